The minimum absolute atomic E-state index is 0.0184. The van der Waals surface area contributed by atoms with Crippen LogP contribution in [0.25, 0.3) is 5.78 Å². The first kappa shape index (κ1) is 18.3. The molecule has 0 fully saturated rings. The molecular formula is C21H18N6O2. The number of nitrogens with one attached hydrogen (secondary N) is 2. The van der Waals surface area contributed by atoms with Crippen LogP contribution in [0, 0.1) is 13.8 Å². The second kappa shape index (κ2) is 7.51. The van der Waals surface area contributed by atoms with Crippen molar-refractivity contribution in [2.24, 2.45) is 0 Å². The van der Waals surface area contributed by atoms with Crippen molar-refractivity contribution in [3.63, 3.8) is 0 Å². The predicted molar refractivity (Wildman–Crippen MR) is 109 cm³/mol. The van der Waals surface area contributed by atoms with Crippen molar-refractivity contribution >= 4 is 29.0 Å². The highest BCUT2D eigenvalue weighted by molar-refractivity contribution is 6.06. The Kier molecular flexibility index (Phi) is 4.74. The standard InChI is InChI=1S/C21H18N6O2/c1-13-11-12-22-21-25-18(26-27(13)21)20(29)24-17-10-6-9-16(14(17)2)23-19(28)15-7-4-3-5-8-15/h3-12H,1-2H3,(H,23,28)(H,24,29). The summed E-state index contributed by atoms with van der Waals surface area (Å²) in [7, 11) is 0. The van der Waals surface area contributed by atoms with Gasteiger partial charge in [0.2, 0.25) is 5.82 Å². The van der Waals surface area contributed by atoms with Crippen LogP contribution >= 0.6 is 0 Å². The number of aromatic nitrogens is 4. The van der Waals surface area contributed by atoms with Crippen LogP contribution in [0.2, 0.25) is 0 Å². The minimum Gasteiger partial charge on any atom is -0.322 e. The van der Waals surface area contributed by atoms with Gasteiger partial charge in [-0.05, 0) is 49.7 Å². The van der Waals surface area contributed by atoms with E-state index < -0.39 is 5.91 Å². The molecule has 4 rings (SSSR count). The van der Waals surface area contributed by atoms with Crippen molar-refractivity contribution in [1.82, 2.24) is 19.6 Å². The second-order valence-electron chi connectivity index (χ2n) is 6.49. The molecule has 0 spiro atoms. The zero-order valence-corrected chi connectivity index (χ0v) is 15.9. The number of amides is 2. The molecule has 2 amide bonds. The number of benzene rings is 2. The highest BCUT2D eigenvalue weighted by atomic mass is 16.2. The van der Waals surface area contributed by atoms with Gasteiger partial charge in [0.25, 0.3) is 17.6 Å². The molecule has 8 nitrogen and oxygen atoms in total. The first-order chi connectivity index (χ1) is 14.0. The molecule has 29 heavy (non-hydrogen) atoms. The average molecular weight is 386 g/mol. The van der Waals surface area contributed by atoms with Crippen LogP contribution < -0.4 is 10.6 Å². The van der Waals surface area contributed by atoms with Gasteiger partial charge in [0.15, 0.2) is 0 Å². The lowest BCUT2D eigenvalue weighted by Crippen LogP contribution is -2.16. The van der Waals surface area contributed by atoms with Gasteiger partial charge in [-0.1, -0.05) is 24.3 Å². The average Bonchev–Trinajstić information content (AvgIpc) is 3.17. The summed E-state index contributed by atoms with van der Waals surface area (Å²) in [5.41, 5.74) is 3.27. The Morgan fingerprint density at radius 1 is 0.862 bits per heavy atom. The van der Waals surface area contributed by atoms with Crippen LogP contribution in [0.4, 0.5) is 11.4 Å². The molecule has 0 atom stereocenters. The molecule has 8 heteroatoms. The van der Waals surface area contributed by atoms with Gasteiger partial charge >= 0.3 is 0 Å². The van der Waals surface area contributed by atoms with E-state index in [1.54, 1.807) is 54.7 Å². The predicted octanol–water partition coefficient (Wildman–Crippen LogP) is 3.25. The fraction of sp³-hybridized carbons (Fsp3) is 0.0952. The molecule has 0 aliphatic heterocycles. The van der Waals surface area contributed by atoms with Crippen molar-refractivity contribution in [2.45, 2.75) is 13.8 Å². The molecule has 144 valence electrons. The third kappa shape index (κ3) is 3.68. The Balaban J connectivity index is 1.56. The Morgan fingerprint density at radius 3 is 2.24 bits per heavy atom. The Bertz CT molecular complexity index is 1220. The number of nitrogens with zero attached hydrogens (tertiary/aromatic N) is 4. The summed E-state index contributed by atoms with van der Waals surface area (Å²) >= 11 is 0. The summed E-state index contributed by atoms with van der Waals surface area (Å²) in [5, 5.41) is 9.89. The molecule has 4 aromatic rings. The van der Waals surface area contributed by atoms with Crippen molar-refractivity contribution < 1.29 is 9.59 Å². The zero-order valence-electron chi connectivity index (χ0n) is 15.9. The van der Waals surface area contributed by atoms with Gasteiger partial charge in [-0.2, -0.15) is 4.98 Å². The Morgan fingerprint density at radius 2 is 1.55 bits per heavy atom. The van der Waals surface area contributed by atoms with Crippen LogP contribution in [-0.4, -0.2) is 31.4 Å². The smallest absolute Gasteiger partial charge is 0.295 e. The lowest BCUT2D eigenvalue weighted by Gasteiger charge is -2.13. The summed E-state index contributed by atoms with van der Waals surface area (Å²) in [4.78, 5) is 33.3. The molecule has 0 aliphatic rings. The quantitative estimate of drug-likeness (QED) is 0.561. The third-order valence-electron chi connectivity index (χ3n) is 4.50. The fourth-order valence-electron chi connectivity index (χ4n) is 2.87. The van der Waals surface area contributed by atoms with Gasteiger partial charge < -0.3 is 10.6 Å². The first-order valence-electron chi connectivity index (χ1n) is 8.98. The van der Waals surface area contributed by atoms with E-state index in [9.17, 15) is 9.59 Å². The van der Waals surface area contributed by atoms with E-state index in [1.165, 1.54) is 4.52 Å². The molecule has 0 saturated carbocycles. The highest BCUT2D eigenvalue weighted by Gasteiger charge is 2.16. The number of fused-ring (bicyclic) bond motifs is 1. The second-order valence-corrected chi connectivity index (χ2v) is 6.49. The molecule has 0 aliphatic carbocycles. The zero-order chi connectivity index (χ0) is 20.4. The van der Waals surface area contributed by atoms with Gasteiger partial charge in [0.05, 0.1) is 0 Å². The van der Waals surface area contributed by atoms with E-state index in [4.69, 9.17) is 0 Å². The van der Waals surface area contributed by atoms with E-state index in [0.717, 1.165) is 11.3 Å². The van der Waals surface area contributed by atoms with Gasteiger partial charge in [0, 0.05) is 28.8 Å². The van der Waals surface area contributed by atoms with Gasteiger partial charge in [-0.3, -0.25) is 9.59 Å². The highest BCUT2D eigenvalue weighted by Crippen LogP contribution is 2.24. The van der Waals surface area contributed by atoms with Crippen molar-refractivity contribution in [3.8, 4) is 0 Å². The van der Waals surface area contributed by atoms with Gasteiger partial charge in [-0.25, -0.2) is 9.50 Å². The Hall–Kier alpha value is -4.07. The summed E-state index contributed by atoms with van der Waals surface area (Å²) in [6.45, 7) is 3.67. The number of anilines is 2. The van der Waals surface area contributed by atoms with Gasteiger partial charge in [-0.15, -0.1) is 5.10 Å². The van der Waals surface area contributed by atoms with E-state index in [2.05, 4.69) is 25.7 Å². The van der Waals surface area contributed by atoms with Crippen molar-refractivity contribution in [3.05, 3.63) is 83.4 Å². The number of carbonyl (C=O) groups is 2. The summed E-state index contributed by atoms with van der Waals surface area (Å²) < 4.78 is 1.51. The number of hydrogen-bond donors (Lipinski definition) is 2. The van der Waals surface area contributed by atoms with Crippen LogP contribution in [0.15, 0.2) is 60.8 Å². The lowest BCUT2D eigenvalue weighted by molar-refractivity contribution is 0.101. The molecule has 2 aromatic carbocycles. The number of carbonyl (C=O) groups excluding carboxylic acids is 2. The van der Waals surface area contributed by atoms with E-state index in [0.29, 0.717) is 22.7 Å². The number of hydrogen-bond acceptors (Lipinski definition) is 5. The first-order valence-corrected chi connectivity index (χ1v) is 8.98. The fourth-order valence-corrected chi connectivity index (χ4v) is 2.87. The van der Waals surface area contributed by atoms with Crippen molar-refractivity contribution in [1.29, 1.82) is 0 Å². The normalized spacial score (nSPS) is 10.7. The molecule has 0 unspecified atom stereocenters. The summed E-state index contributed by atoms with van der Waals surface area (Å²) in [6.07, 6.45) is 1.62. The third-order valence-corrected chi connectivity index (χ3v) is 4.50. The maximum absolute atomic E-state index is 12.6. The molecule has 2 heterocycles. The summed E-state index contributed by atoms with van der Waals surface area (Å²) in [5.74, 6) is -0.300. The SMILES string of the molecule is Cc1c(NC(=O)c2ccccc2)cccc1NC(=O)c1nc2nccc(C)n2n1. The molecule has 0 bridgehead atoms. The van der Waals surface area contributed by atoms with Crippen LogP contribution in [0.3, 0.4) is 0 Å². The van der Waals surface area contributed by atoms with Crippen LogP contribution in [0.1, 0.15) is 32.2 Å². The number of rotatable bonds is 4. The molecule has 0 saturated heterocycles. The van der Waals surface area contributed by atoms with E-state index in [-0.39, 0.29) is 11.7 Å². The minimum atomic E-state index is -0.454. The summed E-state index contributed by atoms with van der Waals surface area (Å²) in [6, 6.07) is 16.0. The van der Waals surface area contributed by atoms with Gasteiger partial charge in [0.1, 0.15) is 0 Å². The van der Waals surface area contributed by atoms with E-state index >= 15 is 0 Å². The Labute approximate surface area is 166 Å². The molecule has 2 N–H and O–H groups in total. The maximum atomic E-state index is 12.6. The van der Waals surface area contributed by atoms with Crippen LogP contribution in [0.5, 0.6) is 0 Å². The monoisotopic (exact) mass is 386 g/mol. The topological polar surface area (TPSA) is 101 Å². The molecule has 2 aromatic heterocycles. The molecular weight excluding hydrogens is 368 g/mol. The van der Waals surface area contributed by atoms with Crippen molar-refractivity contribution in [2.75, 3.05) is 10.6 Å². The number of aryl methyl sites for hydroxylation is 1. The van der Waals surface area contributed by atoms with Crippen LogP contribution in [-0.2, 0) is 0 Å². The largest absolute Gasteiger partial charge is 0.322 e. The van der Waals surface area contributed by atoms with E-state index in [1.807, 2.05) is 19.9 Å². The maximum Gasteiger partial charge on any atom is 0.295 e. The molecule has 0 radical (unpaired) electrons. The lowest BCUT2D eigenvalue weighted by atomic mass is 10.1.